The lowest BCUT2D eigenvalue weighted by Gasteiger charge is -2.15. The topological polar surface area (TPSA) is 60.7 Å². The van der Waals surface area contributed by atoms with Crippen LogP contribution in [-0.4, -0.2) is 13.0 Å². The summed E-state index contributed by atoms with van der Waals surface area (Å²) >= 11 is 6.24. The largest absolute Gasteiger partial charge is 0.497 e. The molecule has 0 spiro atoms. The van der Waals surface area contributed by atoms with Crippen LogP contribution in [0.4, 0.5) is 5.69 Å². The second-order valence-corrected chi connectivity index (χ2v) is 7.44. The van der Waals surface area contributed by atoms with Crippen LogP contribution < -0.4 is 14.8 Å². The van der Waals surface area contributed by atoms with Crippen molar-refractivity contribution in [2.45, 2.75) is 33.3 Å². The number of aryl methyl sites for hydroxylation is 1. The maximum absolute atomic E-state index is 12.4. The van der Waals surface area contributed by atoms with Gasteiger partial charge in [0.1, 0.15) is 23.9 Å². The van der Waals surface area contributed by atoms with Crippen molar-refractivity contribution < 1.29 is 18.7 Å². The molecular formula is C23H24ClNO4. The highest BCUT2D eigenvalue weighted by Crippen LogP contribution is 2.32. The van der Waals surface area contributed by atoms with Crippen molar-refractivity contribution in [2.24, 2.45) is 0 Å². The Morgan fingerprint density at radius 1 is 1.17 bits per heavy atom. The van der Waals surface area contributed by atoms with Crippen LogP contribution >= 0.6 is 11.6 Å². The molecular weight excluding hydrogens is 390 g/mol. The molecule has 0 unspecified atom stereocenters. The van der Waals surface area contributed by atoms with Gasteiger partial charge in [0.25, 0.3) is 5.91 Å². The molecule has 3 rings (SSSR count). The summed E-state index contributed by atoms with van der Waals surface area (Å²) < 4.78 is 16.8. The number of carbonyl (C=O) groups excluding carboxylic acids is 1. The Morgan fingerprint density at radius 3 is 2.69 bits per heavy atom. The summed E-state index contributed by atoms with van der Waals surface area (Å²) in [7, 11) is 1.58. The Balaban J connectivity index is 1.68. The summed E-state index contributed by atoms with van der Waals surface area (Å²) in [5.74, 6) is 2.13. The van der Waals surface area contributed by atoms with E-state index in [2.05, 4.69) is 19.2 Å². The molecule has 3 aromatic rings. The zero-order chi connectivity index (χ0) is 21.0. The molecule has 0 saturated heterocycles. The number of amides is 1. The fourth-order valence-electron chi connectivity index (χ4n) is 2.87. The quantitative estimate of drug-likeness (QED) is 0.500. The molecule has 1 aromatic heterocycles. The van der Waals surface area contributed by atoms with E-state index in [0.717, 1.165) is 21.9 Å². The van der Waals surface area contributed by atoms with E-state index < -0.39 is 0 Å². The SMILES string of the molecule is COc1cccc(NC(=O)c2ccc(COc3cc(C)c(Cl)cc3C(C)C)o2)c1. The molecule has 0 radical (unpaired) electrons. The van der Waals surface area contributed by atoms with E-state index in [1.807, 2.05) is 25.1 Å². The molecule has 0 aliphatic carbocycles. The molecule has 0 bridgehead atoms. The Bertz CT molecular complexity index is 1010. The van der Waals surface area contributed by atoms with E-state index in [4.69, 9.17) is 25.5 Å². The summed E-state index contributed by atoms with van der Waals surface area (Å²) in [6.45, 7) is 6.32. The van der Waals surface area contributed by atoms with E-state index in [1.54, 1.807) is 37.4 Å². The minimum Gasteiger partial charge on any atom is -0.497 e. The smallest absolute Gasteiger partial charge is 0.291 e. The lowest BCUT2D eigenvalue weighted by Crippen LogP contribution is -2.10. The molecule has 1 N–H and O–H groups in total. The molecule has 1 heterocycles. The van der Waals surface area contributed by atoms with Crippen molar-refractivity contribution in [1.29, 1.82) is 0 Å². The first-order valence-corrected chi connectivity index (χ1v) is 9.72. The van der Waals surface area contributed by atoms with E-state index in [0.29, 0.717) is 17.2 Å². The first kappa shape index (κ1) is 20.8. The lowest BCUT2D eigenvalue weighted by molar-refractivity contribution is 0.0992. The average Bonchev–Trinajstić information content (AvgIpc) is 3.17. The fraction of sp³-hybridized carbons (Fsp3) is 0.261. The van der Waals surface area contributed by atoms with Crippen molar-refractivity contribution in [2.75, 3.05) is 12.4 Å². The second kappa shape index (κ2) is 9.05. The van der Waals surface area contributed by atoms with Gasteiger partial charge in [-0.15, -0.1) is 0 Å². The number of hydrogen-bond donors (Lipinski definition) is 1. The van der Waals surface area contributed by atoms with Crippen molar-refractivity contribution in [3.05, 3.63) is 76.2 Å². The predicted octanol–water partition coefficient (Wildman–Crippen LogP) is 6.20. The van der Waals surface area contributed by atoms with Crippen LogP contribution in [0.5, 0.6) is 11.5 Å². The average molecular weight is 414 g/mol. The van der Waals surface area contributed by atoms with Crippen LogP contribution in [0.15, 0.2) is 52.9 Å². The summed E-state index contributed by atoms with van der Waals surface area (Å²) in [4.78, 5) is 12.4. The van der Waals surface area contributed by atoms with Crippen LogP contribution in [0.1, 0.15) is 47.2 Å². The first-order chi connectivity index (χ1) is 13.9. The molecule has 29 heavy (non-hydrogen) atoms. The molecule has 1 amide bonds. The van der Waals surface area contributed by atoms with E-state index in [-0.39, 0.29) is 24.2 Å². The molecule has 152 valence electrons. The normalized spacial score (nSPS) is 10.8. The first-order valence-electron chi connectivity index (χ1n) is 9.34. The van der Waals surface area contributed by atoms with Gasteiger partial charge in [-0.2, -0.15) is 0 Å². The van der Waals surface area contributed by atoms with Crippen LogP contribution in [0.3, 0.4) is 0 Å². The van der Waals surface area contributed by atoms with Crippen LogP contribution in [-0.2, 0) is 6.61 Å². The van der Waals surface area contributed by atoms with Crippen LogP contribution in [0.2, 0.25) is 5.02 Å². The molecule has 0 saturated carbocycles. The lowest BCUT2D eigenvalue weighted by atomic mass is 10.0. The number of ether oxygens (including phenoxy) is 2. The van der Waals surface area contributed by atoms with Gasteiger partial charge in [-0.3, -0.25) is 4.79 Å². The standard InChI is InChI=1S/C23H24ClNO4/c1-14(2)19-12-20(24)15(3)10-22(19)28-13-18-8-9-21(29-18)23(26)25-16-6-5-7-17(11-16)27-4/h5-12,14H,13H2,1-4H3,(H,25,26). The highest BCUT2D eigenvalue weighted by molar-refractivity contribution is 6.31. The predicted molar refractivity (Wildman–Crippen MR) is 114 cm³/mol. The molecule has 0 aliphatic rings. The summed E-state index contributed by atoms with van der Waals surface area (Å²) in [5, 5.41) is 3.51. The molecule has 0 atom stereocenters. The van der Waals surface area contributed by atoms with Gasteiger partial charge in [-0.1, -0.05) is 31.5 Å². The number of hydrogen-bond acceptors (Lipinski definition) is 4. The molecule has 2 aromatic carbocycles. The molecule has 0 aliphatic heterocycles. The minimum atomic E-state index is -0.338. The number of nitrogens with one attached hydrogen (secondary N) is 1. The molecule has 0 fully saturated rings. The number of halogens is 1. The van der Waals surface area contributed by atoms with Gasteiger partial charge in [0.05, 0.1) is 7.11 Å². The third-order valence-corrected chi connectivity index (χ3v) is 4.90. The van der Waals surface area contributed by atoms with Gasteiger partial charge in [0.15, 0.2) is 5.76 Å². The zero-order valence-electron chi connectivity index (χ0n) is 16.9. The van der Waals surface area contributed by atoms with Gasteiger partial charge >= 0.3 is 0 Å². The highest BCUT2D eigenvalue weighted by atomic mass is 35.5. The summed E-state index contributed by atoms with van der Waals surface area (Å²) in [6, 6.07) is 14.4. The maximum atomic E-state index is 12.4. The van der Waals surface area contributed by atoms with Gasteiger partial charge in [0, 0.05) is 16.8 Å². The number of benzene rings is 2. The summed E-state index contributed by atoms with van der Waals surface area (Å²) in [5.41, 5.74) is 2.61. The highest BCUT2D eigenvalue weighted by Gasteiger charge is 2.15. The van der Waals surface area contributed by atoms with Crippen molar-refractivity contribution in [1.82, 2.24) is 0 Å². The molecule has 6 heteroatoms. The third-order valence-electron chi connectivity index (χ3n) is 4.50. The summed E-state index contributed by atoms with van der Waals surface area (Å²) in [6.07, 6.45) is 0. The van der Waals surface area contributed by atoms with Crippen molar-refractivity contribution >= 4 is 23.2 Å². The second-order valence-electron chi connectivity index (χ2n) is 7.03. The minimum absolute atomic E-state index is 0.211. The van der Waals surface area contributed by atoms with Gasteiger partial charge in [-0.05, 0) is 60.4 Å². The van der Waals surface area contributed by atoms with Gasteiger partial charge in [-0.25, -0.2) is 0 Å². The Labute approximate surface area is 175 Å². The third kappa shape index (κ3) is 5.12. The zero-order valence-corrected chi connectivity index (χ0v) is 17.7. The monoisotopic (exact) mass is 413 g/mol. The Kier molecular flexibility index (Phi) is 6.49. The van der Waals surface area contributed by atoms with Crippen LogP contribution in [0.25, 0.3) is 0 Å². The van der Waals surface area contributed by atoms with Crippen molar-refractivity contribution in [3.8, 4) is 11.5 Å². The Hall–Kier alpha value is -2.92. The number of carbonyl (C=O) groups is 1. The number of methoxy groups -OCH3 is 1. The van der Waals surface area contributed by atoms with Gasteiger partial charge < -0.3 is 19.2 Å². The van der Waals surface area contributed by atoms with E-state index in [9.17, 15) is 4.79 Å². The van der Waals surface area contributed by atoms with Crippen LogP contribution in [0, 0.1) is 6.92 Å². The maximum Gasteiger partial charge on any atom is 0.291 e. The fourth-order valence-corrected chi connectivity index (χ4v) is 3.04. The Morgan fingerprint density at radius 2 is 1.97 bits per heavy atom. The number of rotatable bonds is 7. The molecule has 5 nitrogen and oxygen atoms in total. The van der Waals surface area contributed by atoms with Gasteiger partial charge in [0.2, 0.25) is 0 Å². The number of anilines is 1. The number of furan rings is 1. The van der Waals surface area contributed by atoms with E-state index >= 15 is 0 Å². The van der Waals surface area contributed by atoms with E-state index in [1.165, 1.54) is 0 Å². The van der Waals surface area contributed by atoms with Crippen molar-refractivity contribution in [3.63, 3.8) is 0 Å².